The number of halogens is 2. The molecule has 3 aromatic rings. The molecule has 2 amide bonds. The SMILES string of the molecule is O=C1OCCN1C(=O)[C@@H]1[C@@H](c2ccc([N+](=O)[O-])cc2)C(c2ccc(F)cc2)=NN1c1ccc(Br)cc1. The number of ether oxygens (including phenoxy) is 1. The minimum absolute atomic E-state index is 0.0868. The Morgan fingerprint density at radius 1 is 1.06 bits per heavy atom. The van der Waals surface area contributed by atoms with Gasteiger partial charge < -0.3 is 4.74 Å². The Morgan fingerprint density at radius 2 is 1.72 bits per heavy atom. The molecule has 2 aliphatic rings. The zero-order valence-electron chi connectivity index (χ0n) is 18.6. The molecule has 0 saturated carbocycles. The van der Waals surface area contributed by atoms with Crippen LogP contribution in [0.15, 0.2) is 82.4 Å². The fourth-order valence-corrected chi connectivity index (χ4v) is 4.61. The van der Waals surface area contributed by atoms with Gasteiger partial charge in [-0.15, -0.1) is 0 Å². The molecule has 2 atom stereocenters. The molecule has 0 unspecified atom stereocenters. The molecule has 36 heavy (non-hydrogen) atoms. The Balaban J connectivity index is 1.68. The summed E-state index contributed by atoms with van der Waals surface area (Å²) in [6.07, 6.45) is -0.742. The number of amides is 2. The van der Waals surface area contributed by atoms with Crippen LogP contribution < -0.4 is 5.01 Å². The Kier molecular flexibility index (Phi) is 6.23. The molecule has 11 heteroatoms. The molecule has 0 N–H and O–H groups in total. The predicted octanol–water partition coefficient (Wildman–Crippen LogP) is 4.85. The van der Waals surface area contributed by atoms with Crippen molar-refractivity contribution in [2.24, 2.45) is 5.10 Å². The first-order valence-corrected chi connectivity index (χ1v) is 11.7. The quantitative estimate of drug-likeness (QED) is 0.331. The van der Waals surface area contributed by atoms with Gasteiger partial charge >= 0.3 is 6.09 Å². The van der Waals surface area contributed by atoms with Gasteiger partial charge in [0.1, 0.15) is 18.5 Å². The van der Waals surface area contributed by atoms with Crippen molar-refractivity contribution in [1.29, 1.82) is 0 Å². The number of imide groups is 1. The second-order valence-corrected chi connectivity index (χ2v) is 9.10. The molecule has 0 spiro atoms. The number of carbonyl (C=O) groups is 2. The van der Waals surface area contributed by atoms with E-state index in [1.807, 2.05) is 0 Å². The number of hydrogen-bond donors (Lipinski definition) is 0. The standard InChI is InChI=1S/C25H18BrFN4O5/c26-17-5-11-19(12-6-17)30-23(24(32)29-13-14-36-25(29)33)21(15-3-9-20(10-4-15)31(34)35)22(28-30)16-1-7-18(27)8-2-16/h1-12,21,23H,13-14H2/t21-,23-/m0/s1. The maximum Gasteiger partial charge on any atom is 0.416 e. The number of cyclic esters (lactones) is 1. The van der Waals surface area contributed by atoms with Crippen LogP contribution in [-0.4, -0.2) is 46.7 Å². The van der Waals surface area contributed by atoms with Crippen molar-refractivity contribution in [1.82, 2.24) is 4.90 Å². The molecule has 2 heterocycles. The number of carbonyl (C=O) groups excluding carboxylic acids is 2. The van der Waals surface area contributed by atoms with E-state index in [-0.39, 0.29) is 18.8 Å². The van der Waals surface area contributed by atoms with Crippen molar-refractivity contribution < 1.29 is 23.6 Å². The van der Waals surface area contributed by atoms with E-state index in [4.69, 9.17) is 9.84 Å². The molecule has 2 aliphatic heterocycles. The maximum atomic E-state index is 13.8. The number of hydrazone groups is 1. The van der Waals surface area contributed by atoms with Gasteiger partial charge in [0.2, 0.25) is 0 Å². The lowest BCUT2D eigenvalue weighted by atomic mass is 9.84. The van der Waals surface area contributed by atoms with Crippen LogP contribution in [0.5, 0.6) is 0 Å². The van der Waals surface area contributed by atoms with E-state index in [1.54, 1.807) is 48.5 Å². The van der Waals surface area contributed by atoms with Crippen LogP contribution in [0, 0.1) is 15.9 Å². The van der Waals surface area contributed by atoms with Gasteiger partial charge in [-0.25, -0.2) is 14.1 Å². The van der Waals surface area contributed by atoms with Crippen LogP contribution in [-0.2, 0) is 9.53 Å². The Bertz CT molecular complexity index is 1360. The van der Waals surface area contributed by atoms with E-state index in [0.717, 1.165) is 9.37 Å². The second-order valence-electron chi connectivity index (χ2n) is 8.19. The lowest BCUT2D eigenvalue weighted by molar-refractivity contribution is -0.384. The smallest absolute Gasteiger partial charge is 0.416 e. The van der Waals surface area contributed by atoms with Crippen LogP contribution in [0.3, 0.4) is 0 Å². The molecule has 0 aliphatic carbocycles. The van der Waals surface area contributed by atoms with Crippen LogP contribution in [0.1, 0.15) is 17.0 Å². The van der Waals surface area contributed by atoms with Crippen LogP contribution in [0.2, 0.25) is 0 Å². The van der Waals surface area contributed by atoms with Crippen molar-refractivity contribution in [2.45, 2.75) is 12.0 Å². The first-order valence-electron chi connectivity index (χ1n) is 11.0. The lowest BCUT2D eigenvalue weighted by Crippen LogP contribution is -2.48. The van der Waals surface area contributed by atoms with Gasteiger partial charge in [-0.1, -0.05) is 40.2 Å². The maximum absolute atomic E-state index is 13.8. The fraction of sp³-hybridized carbons (Fsp3) is 0.160. The minimum Gasteiger partial charge on any atom is -0.447 e. The average Bonchev–Trinajstić information content (AvgIpc) is 3.49. The third-order valence-electron chi connectivity index (χ3n) is 6.06. The third kappa shape index (κ3) is 4.33. The van der Waals surface area contributed by atoms with Gasteiger partial charge in [0.25, 0.3) is 11.6 Å². The predicted molar refractivity (Wildman–Crippen MR) is 132 cm³/mol. The van der Waals surface area contributed by atoms with Gasteiger partial charge in [-0.05, 0) is 47.5 Å². The number of hydrogen-bond acceptors (Lipinski definition) is 7. The highest BCUT2D eigenvalue weighted by atomic mass is 79.9. The summed E-state index contributed by atoms with van der Waals surface area (Å²) >= 11 is 3.40. The van der Waals surface area contributed by atoms with Gasteiger partial charge in [0.15, 0.2) is 0 Å². The zero-order valence-corrected chi connectivity index (χ0v) is 20.2. The molecule has 3 aromatic carbocycles. The number of nitrogens with zero attached hydrogens (tertiary/aromatic N) is 4. The largest absolute Gasteiger partial charge is 0.447 e. The molecule has 1 saturated heterocycles. The van der Waals surface area contributed by atoms with E-state index < -0.39 is 34.7 Å². The summed E-state index contributed by atoms with van der Waals surface area (Å²) in [5.74, 6) is -1.67. The van der Waals surface area contributed by atoms with Gasteiger partial charge in [-0.3, -0.25) is 19.9 Å². The molecular weight excluding hydrogens is 535 g/mol. The van der Waals surface area contributed by atoms with Crippen molar-refractivity contribution in [3.8, 4) is 0 Å². The van der Waals surface area contributed by atoms with Gasteiger partial charge in [-0.2, -0.15) is 5.10 Å². The normalized spacial score (nSPS) is 19.3. The van der Waals surface area contributed by atoms with Crippen LogP contribution in [0.25, 0.3) is 0 Å². The third-order valence-corrected chi connectivity index (χ3v) is 6.59. The van der Waals surface area contributed by atoms with Gasteiger partial charge in [0.05, 0.1) is 28.8 Å². The van der Waals surface area contributed by atoms with Crippen molar-refractivity contribution in [3.63, 3.8) is 0 Å². The topological polar surface area (TPSA) is 105 Å². The van der Waals surface area contributed by atoms with Crippen molar-refractivity contribution in [3.05, 3.63) is 104 Å². The van der Waals surface area contributed by atoms with Crippen molar-refractivity contribution in [2.75, 3.05) is 18.2 Å². The highest BCUT2D eigenvalue weighted by molar-refractivity contribution is 9.10. The average molecular weight is 553 g/mol. The summed E-state index contributed by atoms with van der Waals surface area (Å²) in [6.45, 7) is 0.185. The molecule has 0 radical (unpaired) electrons. The summed E-state index contributed by atoms with van der Waals surface area (Å²) in [5, 5.41) is 17.5. The van der Waals surface area contributed by atoms with E-state index in [9.17, 15) is 24.1 Å². The summed E-state index contributed by atoms with van der Waals surface area (Å²) in [6, 6.07) is 17.7. The van der Waals surface area contributed by atoms with E-state index in [1.165, 1.54) is 29.3 Å². The van der Waals surface area contributed by atoms with Crippen LogP contribution in [0.4, 0.5) is 20.6 Å². The highest BCUT2D eigenvalue weighted by Gasteiger charge is 2.48. The minimum atomic E-state index is -1.00. The molecule has 182 valence electrons. The van der Waals surface area contributed by atoms with Gasteiger partial charge in [0, 0.05) is 16.6 Å². The van der Waals surface area contributed by atoms with E-state index in [0.29, 0.717) is 22.5 Å². The number of anilines is 1. The number of non-ortho nitro benzene ring substituents is 1. The first-order chi connectivity index (χ1) is 17.3. The number of rotatable bonds is 5. The fourth-order valence-electron chi connectivity index (χ4n) is 4.35. The number of nitro benzene ring substituents is 1. The summed E-state index contributed by atoms with van der Waals surface area (Å²) in [7, 11) is 0. The lowest BCUT2D eigenvalue weighted by Gasteiger charge is -2.29. The summed E-state index contributed by atoms with van der Waals surface area (Å²) in [4.78, 5) is 37.9. The van der Waals surface area contributed by atoms with E-state index in [2.05, 4.69) is 15.9 Å². The molecule has 5 rings (SSSR count). The highest BCUT2D eigenvalue weighted by Crippen LogP contribution is 2.39. The second kappa shape index (κ2) is 9.50. The summed E-state index contributed by atoms with van der Waals surface area (Å²) < 4.78 is 19.5. The zero-order chi connectivity index (χ0) is 25.4. The van der Waals surface area contributed by atoms with Crippen LogP contribution >= 0.6 is 15.9 Å². The number of benzene rings is 3. The Hall–Kier alpha value is -4.12. The molecule has 9 nitrogen and oxygen atoms in total. The Labute approximate surface area is 213 Å². The monoisotopic (exact) mass is 552 g/mol. The molecule has 1 fully saturated rings. The summed E-state index contributed by atoms with van der Waals surface area (Å²) in [5.41, 5.74) is 2.09. The molecule has 0 bridgehead atoms. The Morgan fingerprint density at radius 3 is 2.31 bits per heavy atom. The molecule has 0 aromatic heterocycles. The van der Waals surface area contributed by atoms with Crippen molar-refractivity contribution >= 4 is 45.0 Å². The molecular formula is C25H18BrFN4O5. The first kappa shape index (κ1) is 23.6. The van der Waals surface area contributed by atoms with E-state index >= 15 is 0 Å². The number of nitro groups is 1.